The van der Waals surface area contributed by atoms with Crippen LogP contribution in [0.3, 0.4) is 0 Å². The largest absolute Gasteiger partial charge is 0.325 e. The Morgan fingerprint density at radius 1 is 1.40 bits per heavy atom. The lowest BCUT2D eigenvalue weighted by atomic mass is 9.96. The molecular formula is C11H14N2O2. The lowest BCUT2D eigenvalue weighted by molar-refractivity contribution is -0.117. The zero-order valence-electron chi connectivity index (χ0n) is 8.36. The summed E-state index contributed by atoms with van der Waals surface area (Å²) in [7, 11) is 0. The third-order valence-electron chi connectivity index (χ3n) is 2.69. The number of amides is 1. The van der Waals surface area contributed by atoms with Crippen molar-refractivity contribution in [2.75, 3.05) is 11.9 Å². The van der Waals surface area contributed by atoms with E-state index < -0.39 is 0 Å². The molecule has 3 N–H and O–H groups in total. The van der Waals surface area contributed by atoms with Gasteiger partial charge in [-0.15, -0.1) is 0 Å². The first-order chi connectivity index (χ1) is 7.33. The van der Waals surface area contributed by atoms with Crippen molar-refractivity contribution in [3.63, 3.8) is 0 Å². The molecule has 1 aliphatic heterocycles. The molecule has 0 bridgehead atoms. The van der Waals surface area contributed by atoms with Crippen LogP contribution in [0.1, 0.15) is 24.3 Å². The molecule has 4 heteroatoms. The van der Waals surface area contributed by atoms with Crippen LogP contribution in [0, 0.1) is 0 Å². The first-order valence-corrected chi connectivity index (χ1v) is 5.09. The van der Waals surface area contributed by atoms with Gasteiger partial charge in [0.2, 0.25) is 5.91 Å². The van der Waals surface area contributed by atoms with E-state index in [2.05, 4.69) is 10.8 Å². The van der Waals surface area contributed by atoms with Crippen molar-refractivity contribution in [1.29, 1.82) is 0 Å². The van der Waals surface area contributed by atoms with E-state index in [1.807, 2.05) is 24.3 Å². The predicted molar refractivity (Wildman–Crippen MR) is 56.8 cm³/mol. The number of hydrogen-bond donors (Lipinski definition) is 3. The summed E-state index contributed by atoms with van der Waals surface area (Å²) in [6, 6.07) is 7.75. The smallest absolute Gasteiger partial charge is 0.232 e. The molecule has 0 saturated heterocycles. The SMILES string of the molecule is O=C1Nc2ccccc2C1CCCNO. The van der Waals surface area contributed by atoms with Crippen LogP contribution in [0.15, 0.2) is 24.3 Å². The van der Waals surface area contributed by atoms with Crippen molar-refractivity contribution in [2.24, 2.45) is 0 Å². The first-order valence-electron chi connectivity index (χ1n) is 5.09. The fourth-order valence-electron chi connectivity index (χ4n) is 1.95. The summed E-state index contributed by atoms with van der Waals surface area (Å²) >= 11 is 0. The Labute approximate surface area is 88.3 Å². The van der Waals surface area contributed by atoms with Gasteiger partial charge in [-0.25, -0.2) is 5.48 Å². The number of para-hydroxylation sites is 1. The molecule has 1 unspecified atom stereocenters. The van der Waals surface area contributed by atoms with Gasteiger partial charge in [0.05, 0.1) is 5.92 Å². The topological polar surface area (TPSA) is 61.4 Å². The normalized spacial score (nSPS) is 18.7. The summed E-state index contributed by atoms with van der Waals surface area (Å²) in [5.41, 5.74) is 4.09. The molecule has 0 spiro atoms. The van der Waals surface area contributed by atoms with Gasteiger partial charge < -0.3 is 10.5 Å². The van der Waals surface area contributed by atoms with Gasteiger partial charge in [-0.1, -0.05) is 18.2 Å². The van der Waals surface area contributed by atoms with Crippen LogP contribution in [0.2, 0.25) is 0 Å². The fraction of sp³-hybridized carbons (Fsp3) is 0.364. The van der Waals surface area contributed by atoms with Gasteiger partial charge in [-0.3, -0.25) is 4.79 Å². The van der Waals surface area contributed by atoms with Crippen LogP contribution in [0.5, 0.6) is 0 Å². The second kappa shape index (κ2) is 4.42. The molecule has 1 aliphatic rings. The first kappa shape index (κ1) is 10.1. The highest BCUT2D eigenvalue weighted by Crippen LogP contribution is 2.34. The van der Waals surface area contributed by atoms with Crippen molar-refractivity contribution < 1.29 is 10.0 Å². The number of carbonyl (C=O) groups excluding carboxylic acids is 1. The third kappa shape index (κ3) is 2.00. The molecule has 15 heavy (non-hydrogen) atoms. The Hall–Kier alpha value is -1.39. The number of rotatable bonds is 4. The van der Waals surface area contributed by atoms with Crippen LogP contribution in [0.4, 0.5) is 5.69 Å². The number of benzene rings is 1. The number of carbonyl (C=O) groups is 1. The Balaban J connectivity index is 2.08. The summed E-state index contributed by atoms with van der Waals surface area (Å²) in [5, 5.41) is 11.3. The highest BCUT2D eigenvalue weighted by atomic mass is 16.5. The van der Waals surface area contributed by atoms with Gasteiger partial charge in [0.15, 0.2) is 0 Å². The van der Waals surface area contributed by atoms with E-state index in [4.69, 9.17) is 5.21 Å². The zero-order chi connectivity index (χ0) is 10.7. The minimum Gasteiger partial charge on any atom is -0.325 e. The van der Waals surface area contributed by atoms with Gasteiger partial charge in [-0.2, -0.15) is 0 Å². The molecular weight excluding hydrogens is 192 g/mol. The number of fused-ring (bicyclic) bond motifs is 1. The van der Waals surface area contributed by atoms with Gasteiger partial charge in [0, 0.05) is 12.2 Å². The monoisotopic (exact) mass is 206 g/mol. The average Bonchev–Trinajstić information content (AvgIpc) is 2.56. The Morgan fingerprint density at radius 3 is 3.00 bits per heavy atom. The summed E-state index contributed by atoms with van der Waals surface area (Å²) < 4.78 is 0. The van der Waals surface area contributed by atoms with E-state index in [9.17, 15) is 4.79 Å². The number of anilines is 1. The minimum atomic E-state index is -0.0606. The molecule has 1 aromatic carbocycles. The van der Waals surface area contributed by atoms with Crippen molar-refractivity contribution in [1.82, 2.24) is 5.48 Å². The molecule has 2 rings (SSSR count). The predicted octanol–water partition coefficient (Wildman–Crippen LogP) is 1.48. The lowest BCUT2D eigenvalue weighted by Crippen LogP contribution is -2.15. The molecule has 0 aliphatic carbocycles. The molecule has 0 saturated carbocycles. The molecule has 1 atom stereocenters. The highest BCUT2D eigenvalue weighted by Gasteiger charge is 2.29. The summed E-state index contributed by atoms with van der Waals surface area (Å²) in [6.07, 6.45) is 1.54. The zero-order valence-corrected chi connectivity index (χ0v) is 8.36. The average molecular weight is 206 g/mol. The molecule has 0 fully saturated rings. The molecule has 4 nitrogen and oxygen atoms in total. The van der Waals surface area contributed by atoms with E-state index in [-0.39, 0.29) is 11.8 Å². The molecule has 1 aromatic rings. The molecule has 80 valence electrons. The van der Waals surface area contributed by atoms with Crippen LogP contribution >= 0.6 is 0 Å². The molecule has 1 heterocycles. The van der Waals surface area contributed by atoms with E-state index in [0.29, 0.717) is 6.54 Å². The van der Waals surface area contributed by atoms with Crippen molar-refractivity contribution in [3.8, 4) is 0 Å². The Morgan fingerprint density at radius 2 is 2.20 bits per heavy atom. The number of hydroxylamine groups is 1. The molecule has 0 aromatic heterocycles. The van der Waals surface area contributed by atoms with Gasteiger partial charge in [0.1, 0.15) is 0 Å². The maximum Gasteiger partial charge on any atom is 0.232 e. The second-order valence-corrected chi connectivity index (χ2v) is 3.68. The van der Waals surface area contributed by atoms with Gasteiger partial charge in [0.25, 0.3) is 0 Å². The van der Waals surface area contributed by atoms with Gasteiger partial charge in [-0.05, 0) is 24.5 Å². The quantitative estimate of drug-likeness (QED) is 0.516. The van der Waals surface area contributed by atoms with E-state index in [0.717, 1.165) is 24.1 Å². The summed E-state index contributed by atoms with van der Waals surface area (Å²) in [4.78, 5) is 11.6. The van der Waals surface area contributed by atoms with Crippen LogP contribution < -0.4 is 10.8 Å². The second-order valence-electron chi connectivity index (χ2n) is 3.68. The van der Waals surface area contributed by atoms with Crippen LogP contribution in [-0.2, 0) is 4.79 Å². The third-order valence-corrected chi connectivity index (χ3v) is 2.69. The number of hydrogen-bond acceptors (Lipinski definition) is 3. The maximum atomic E-state index is 11.6. The van der Waals surface area contributed by atoms with E-state index in [1.54, 1.807) is 0 Å². The molecule has 0 radical (unpaired) electrons. The van der Waals surface area contributed by atoms with Crippen LogP contribution in [0.25, 0.3) is 0 Å². The summed E-state index contributed by atoms with van der Waals surface area (Å²) in [5.74, 6) is 0.00342. The van der Waals surface area contributed by atoms with E-state index in [1.165, 1.54) is 0 Å². The lowest BCUT2D eigenvalue weighted by Gasteiger charge is -2.07. The van der Waals surface area contributed by atoms with Gasteiger partial charge >= 0.3 is 0 Å². The van der Waals surface area contributed by atoms with Crippen molar-refractivity contribution in [3.05, 3.63) is 29.8 Å². The standard InChI is InChI=1S/C11H14N2O2/c14-11-9(5-3-7-12-15)8-4-1-2-6-10(8)13-11/h1-2,4,6,9,12,15H,3,5,7H2,(H,13,14). The summed E-state index contributed by atoms with van der Waals surface area (Å²) in [6.45, 7) is 0.520. The van der Waals surface area contributed by atoms with Crippen molar-refractivity contribution in [2.45, 2.75) is 18.8 Å². The number of nitrogens with one attached hydrogen (secondary N) is 2. The highest BCUT2D eigenvalue weighted by molar-refractivity contribution is 6.02. The minimum absolute atomic E-state index is 0.0606. The van der Waals surface area contributed by atoms with Crippen LogP contribution in [-0.4, -0.2) is 17.7 Å². The molecule has 1 amide bonds. The van der Waals surface area contributed by atoms with Crippen molar-refractivity contribution >= 4 is 11.6 Å². The fourth-order valence-corrected chi connectivity index (χ4v) is 1.95. The van der Waals surface area contributed by atoms with E-state index >= 15 is 0 Å². The maximum absolute atomic E-state index is 11.6. The Kier molecular flexibility index (Phi) is 2.99. The Bertz CT molecular complexity index is 365.